The highest BCUT2D eigenvalue weighted by Gasteiger charge is 2.27. The molecule has 1 nitrogen and oxygen atoms in total. The monoisotopic (exact) mass is 422 g/mol. The minimum atomic E-state index is -4.16. The Morgan fingerprint density at radius 1 is 1.35 bits per heavy atom. The molecule has 0 amide bonds. The van der Waals surface area contributed by atoms with Gasteiger partial charge in [0, 0.05) is 8.90 Å². The highest BCUT2D eigenvalue weighted by atomic mass is 127. The summed E-state index contributed by atoms with van der Waals surface area (Å²) >= 11 is 5.43. The van der Waals surface area contributed by atoms with Gasteiger partial charge in [-0.1, -0.05) is 50.7 Å². The van der Waals surface area contributed by atoms with Gasteiger partial charge in [-0.2, -0.15) is 13.2 Å². The highest BCUT2D eigenvalue weighted by Crippen LogP contribution is 2.25. The SMILES string of the molecule is FC(F)(F)CCOC(CI)c1cccc(Br)c1. The molecular formula is C11H11BrF3IO. The standard InChI is InChI=1S/C11H11BrF3IO/c12-9-3-1-2-8(6-9)10(7-16)17-5-4-11(13,14)15/h1-3,6,10H,4-5,7H2. The van der Waals surface area contributed by atoms with Crippen molar-refractivity contribution in [1.82, 2.24) is 0 Å². The summed E-state index contributed by atoms with van der Waals surface area (Å²) in [6.07, 6.45) is -5.36. The zero-order chi connectivity index (χ0) is 12.9. The van der Waals surface area contributed by atoms with Crippen molar-refractivity contribution in [1.29, 1.82) is 0 Å². The summed E-state index contributed by atoms with van der Waals surface area (Å²) < 4.78 is 42.7. The van der Waals surface area contributed by atoms with Crippen LogP contribution in [-0.4, -0.2) is 17.2 Å². The largest absolute Gasteiger partial charge is 0.391 e. The molecule has 0 heterocycles. The average molecular weight is 423 g/mol. The van der Waals surface area contributed by atoms with E-state index in [2.05, 4.69) is 38.5 Å². The summed E-state index contributed by atoms with van der Waals surface area (Å²) in [5.74, 6) is 0. The van der Waals surface area contributed by atoms with Gasteiger partial charge in [-0.15, -0.1) is 0 Å². The maximum atomic E-state index is 12.0. The molecule has 17 heavy (non-hydrogen) atoms. The Labute approximate surface area is 120 Å². The van der Waals surface area contributed by atoms with Crippen molar-refractivity contribution < 1.29 is 17.9 Å². The van der Waals surface area contributed by atoms with Crippen LogP contribution in [0.5, 0.6) is 0 Å². The normalized spacial score (nSPS) is 13.7. The Kier molecular flexibility index (Phi) is 6.22. The third-order valence-corrected chi connectivity index (χ3v) is 3.36. The Hall–Kier alpha value is 0.180. The van der Waals surface area contributed by atoms with E-state index in [4.69, 9.17) is 4.74 Å². The van der Waals surface area contributed by atoms with Gasteiger partial charge in [0.2, 0.25) is 0 Å². The fraction of sp³-hybridized carbons (Fsp3) is 0.455. The first-order chi connectivity index (χ1) is 7.92. The van der Waals surface area contributed by atoms with E-state index in [9.17, 15) is 13.2 Å². The van der Waals surface area contributed by atoms with Crippen LogP contribution in [0.4, 0.5) is 13.2 Å². The van der Waals surface area contributed by atoms with Crippen molar-refractivity contribution in [2.75, 3.05) is 11.0 Å². The van der Waals surface area contributed by atoms with Crippen LogP contribution in [0.25, 0.3) is 0 Å². The lowest BCUT2D eigenvalue weighted by atomic mass is 10.1. The lowest BCUT2D eigenvalue weighted by Gasteiger charge is -2.16. The minimum absolute atomic E-state index is 0.296. The van der Waals surface area contributed by atoms with Crippen LogP contribution in [-0.2, 0) is 4.74 Å². The van der Waals surface area contributed by atoms with Crippen molar-refractivity contribution >= 4 is 38.5 Å². The summed E-state index contributed by atoms with van der Waals surface area (Å²) in [7, 11) is 0. The molecule has 0 aromatic heterocycles. The molecule has 1 aromatic rings. The van der Waals surface area contributed by atoms with Gasteiger partial charge >= 0.3 is 6.18 Å². The topological polar surface area (TPSA) is 9.23 Å². The zero-order valence-electron chi connectivity index (χ0n) is 8.81. The van der Waals surface area contributed by atoms with Gasteiger partial charge in [0.1, 0.15) is 0 Å². The summed E-state index contributed by atoms with van der Waals surface area (Å²) in [6.45, 7) is -0.302. The molecule has 1 unspecified atom stereocenters. The van der Waals surface area contributed by atoms with Gasteiger partial charge in [-0.3, -0.25) is 0 Å². The molecule has 6 heteroatoms. The molecule has 1 atom stereocenters. The van der Waals surface area contributed by atoms with E-state index in [-0.39, 0.29) is 12.7 Å². The minimum Gasteiger partial charge on any atom is -0.372 e. The quantitative estimate of drug-likeness (QED) is 0.484. The fourth-order valence-electron chi connectivity index (χ4n) is 1.25. The molecule has 0 saturated carbocycles. The number of ether oxygens (including phenoxy) is 1. The third kappa shape index (κ3) is 6.05. The molecule has 0 N–H and O–H groups in total. The molecule has 0 spiro atoms. The van der Waals surface area contributed by atoms with Crippen molar-refractivity contribution in [3.05, 3.63) is 34.3 Å². The van der Waals surface area contributed by atoms with Gasteiger partial charge in [0.15, 0.2) is 0 Å². The van der Waals surface area contributed by atoms with Gasteiger partial charge in [0.05, 0.1) is 19.1 Å². The van der Waals surface area contributed by atoms with E-state index < -0.39 is 12.6 Å². The van der Waals surface area contributed by atoms with E-state index >= 15 is 0 Å². The van der Waals surface area contributed by atoms with E-state index in [1.165, 1.54) is 0 Å². The van der Waals surface area contributed by atoms with Crippen molar-refractivity contribution in [3.63, 3.8) is 0 Å². The predicted octanol–water partition coefficient (Wildman–Crippen LogP) is 4.89. The number of hydrogen-bond acceptors (Lipinski definition) is 1. The molecule has 0 aliphatic carbocycles. The van der Waals surface area contributed by atoms with E-state index in [1.54, 1.807) is 0 Å². The molecule has 0 saturated heterocycles. The number of halogens is 5. The molecule has 0 fully saturated rings. The fourth-order valence-corrected chi connectivity index (χ4v) is 2.43. The molecule has 0 radical (unpaired) electrons. The van der Waals surface area contributed by atoms with Crippen LogP contribution < -0.4 is 0 Å². The summed E-state index contributed by atoms with van der Waals surface area (Å²) in [5.41, 5.74) is 0.885. The Balaban J connectivity index is 2.54. The second kappa shape index (κ2) is 6.94. The summed E-state index contributed by atoms with van der Waals surface area (Å²) in [5, 5.41) is 0. The molecule has 1 rings (SSSR count). The lowest BCUT2D eigenvalue weighted by molar-refractivity contribution is -0.148. The first kappa shape index (κ1) is 15.2. The third-order valence-electron chi connectivity index (χ3n) is 2.07. The molecule has 0 aliphatic rings. The Morgan fingerprint density at radius 2 is 2.06 bits per heavy atom. The zero-order valence-corrected chi connectivity index (χ0v) is 12.5. The smallest absolute Gasteiger partial charge is 0.372 e. The predicted molar refractivity (Wildman–Crippen MR) is 72.4 cm³/mol. The Morgan fingerprint density at radius 3 is 2.59 bits per heavy atom. The molecule has 0 aliphatic heterocycles. The maximum absolute atomic E-state index is 12.0. The van der Waals surface area contributed by atoms with Crippen molar-refractivity contribution in [2.24, 2.45) is 0 Å². The number of benzene rings is 1. The molecule has 96 valence electrons. The maximum Gasteiger partial charge on any atom is 0.391 e. The van der Waals surface area contributed by atoms with Crippen molar-refractivity contribution in [3.8, 4) is 0 Å². The molecule has 1 aromatic carbocycles. The average Bonchev–Trinajstić information content (AvgIpc) is 2.23. The second-order valence-electron chi connectivity index (χ2n) is 3.43. The number of rotatable bonds is 5. The summed E-state index contributed by atoms with van der Waals surface area (Å²) in [4.78, 5) is 0. The number of hydrogen-bond donors (Lipinski definition) is 0. The molecule has 0 bridgehead atoms. The van der Waals surface area contributed by atoms with Crippen LogP contribution in [0.3, 0.4) is 0 Å². The second-order valence-corrected chi connectivity index (χ2v) is 5.23. The molecular weight excluding hydrogens is 412 g/mol. The van der Waals surface area contributed by atoms with E-state index in [0.29, 0.717) is 4.43 Å². The van der Waals surface area contributed by atoms with Crippen LogP contribution in [0.2, 0.25) is 0 Å². The van der Waals surface area contributed by atoms with Crippen LogP contribution in [0.15, 0.2) is 28.7 Å². The highest BCUT2D eigenvalue weighted by molar-refractivity contribution is 14.1. The van der Waals surface area contributed by atoms with Crippen LogP contribution >= 0.6 is 38.5 Å². The van der Waals surface area contributed by atoms with Gasteiger partial charge < -0.3 is 4.74 Å². The van der Waals surface area contributed by atoms with E-state index in [0.717, 1.165) is 10.0 Å². The lowest BCUT2D eigenvalue weighted by Crippen LogP contribution is -2.14. The van der Waals surface area contributed by atoms with Crippen LogP contribution in [0, 0.1) is 0 Å². The first-order valence-corrected chi connectivity index (χ1v) is 7.24. The van der Waals surface area contributed by atoms with Gasteiger partial charge in [-0.05, 0) is 17.7 Å². The Bertz CT molecular complexity index is 357. The van der Waals surface area contributed by atoms with E-state index in [1.807, 2.05) is 24.3 Å². The van der Waals surface area contributed by atoms with Gasteiger partial charge in [0.25, 0.3) is 0 Å². The van der Waals surface area contributed by atoms with Gasteiger partial charge in [-0.25, -0.2) is 0 Å². The summed E-state index contributed by atoms with van der Waals surface area (Å²) in [6, 6.07) is 7.41. The van der Waals surface area contributed by atoms with Crippen molar-refractivity contribution in [2.45, 2.75) is 18.7 Å². The van der Waals surface area contributed by atoms with Crippen LogP contribution in [0.1, 0.15) is 18.1 Å². The first-order valence-electron chi connectivity index (χ1n) is 4.92. The number of alkyl halides is 4.